The lowest BCUT2D eigenvalue weighted by atomic mass is 10.1. The van der Waals surface area contributed by atoms with Crippen LogP contribution in [0.25, 0.3) is 0 Å². The van der Waals surface area contributed by atoms with Gasteiger partial charge in [-0.25, -0.2) is 4.98 Å². The molecule has 0 bridgehead atoms. The van der Waals surface area contributed by atoms with Crippen LogP contribution in [-0.4, -0.2) is 16.9 Å². The van der Waals surface area contributed by atoms with Crippen molar-refractivity contribution in [1.82, 2.24) is 9.88 Å². The molecular weight excluding hydrogens is 242 g/mol. The molecule has 0 fully saturated rings. The van der Waals surface area contributed by atoms with Gasteiger partial charge in [-0.2, -0.15) is 5.26 Å². The largest absolute Gasteiger partial charge is 0.296 e. The fraction of sp³-hybridized carbons (Fsp3) is 0.286. The van der Waals surface area contributed by atoms with E-state index >= 15 is 0 Å². The fourth-order valence-corrected chi connectivity index (χ4v) is 2.48. The second-order valence-corrected chi connectivity index (χ2v) is 5.36. The first-order valence-corrected chi connectivity index (χ1v) is 6.64. The Labute approximate surface area is 111 Å². The minimum Gasteiger partial charge on any atom is -0.296 e. The molecule has 0 aliphatic carbocycles. The minimum absolute atomic E-state index is 0.749. The summed E-state index contributed by atoms with van der Waals surface area (Å²) in [5.74, 6) is 0. The summed E-state index contributed by atoms with van der Waals surface area (Å²) in [6.45, 7) is 3.59. The fourth-order valence-electron chi connectivity index (χ4n) is 1.87. The highest BCUT2D eigenvalue weighted by Crippen LogP contribution is 2.13. The molecule has 18 heavy (non-hydrogen) atoms. The first-order valence-electron chi connectivity index (χ1n) is 5.76. The predicted octanol–water partition coefficient (Wildman–Crippen LogP) is 2.96. The number of thiazole rings is 1. The number of hydrogen-bond acceptors (Lipinski definition) is 4. The molecule has 0 saturated carbocycles. The zero-order chi connectivity index (χ0) is 13.0. The van der Waals surface area contributed by atoms with Gasteiger partial charge in [-0.3, -0.25) is 4.90 Å². The van der Waals surface area contributed by atoms with Crippen molar-refractivity contribution in [2.75, 3.05) is 7.05 Å². The van der Waals surface area contributed by atoms with Gasteiger partial charge < -0.3 is 0 Å². The number of nitriles is 1. The number of nitrogens with zero attached hydrogens (tertiary/aromatic N) is 3. The van der Waals surface area contributed by atoms with Gasteiger partial charge in [-0.15, -0.1) is 11.3 Å². The molecule has 0 amide bonds. The lowest BCUT2D eigenvalue weighted by Crippen LogP contribution is -2.18. The van der Waals surface area contributed by atoms with Gasteiger partial charge in [0, 0.05) is 18.5 Å². The average molecular weight is 257 g/mol. The van der Waals surface area contributed by atoms with Crippen molar-refractivity contribution in [1.29, 1.82) is 5.26 Å². The monoisotopic (exact) mass is 257 g/mol. The van der Waals surface area contributed by atoms with Crippen LogP contribution in [-0.2, 0) is 13.1 Å². The molecule has 0 unspecified atom stereocenters. The lowest BCUT2D eigenvalue weighted by molar-refractivity contribution is 0.315. The van der Waals surface area contributed by atoms with Gasteiger partial charge in [0.2, 0.25) is 0 Å². The minimum atomic E-state index is 0.749. The predicted molar refractivity (Wildman–Crippen MR) is 73.2 cm³/mol. The van der Waals surface area contributed by atoms with Crippen LogP contribution in [0.1, 0.15) is 21.8 Å². The Bertz CT molecular complexity index is 568. The van der Waals surface area contributed by atoms with Crippen molar-refractivity contribution in [3.63, 3.8) is 0 Å². The standard InChI is InChI=1S/C14H15N3S/c1-11-16-14(10-18-11)9-17(2)8-13-6-4-3-5-12(13)7-15/h3-6,10H,8-9H2,1-2H3. The molecule has 4 heteroatoms. The molecule has 0 atom stereocenters. The molecule has 2 rings (SSSR count). The zero-order valence-electron chi connectivity index (χ0n) is 10.6. The highest BCUT2D eigenvalue weighted by atomic mass is 32.1. The highest BCUT2D eigenvalue weighted by molar-refractivity contribution is 7.09. The Morgan fingerprint density at radius 3 is 2.78 bits per heavy atom. The number of rotatable bonds is 4. The van der Waals surface area contributed by atoms with Crippen LogP contribution in [0, 0.1) is 18.3 Å². The van der Waals surface area contributed by atoms with E-state index in [1.165, 1.54) is 0 Å². The maximum atomic E-state index is 9.05. The Balaban J connectivity index is 2.03. The summed E-state index contributed by atoms with van der Waals surface area (Å²) < 4.78 is 0. The Hall–Kier alpha value is -1.70. The van der Waals surface area contributed by atoms with Gasteiger partial charge in [-0.1, -0.05) is 18.2 Å². The van der Waals surface area contributed by atoms with E-state index in [1.54, 1.807) is 11.3 Å². The first-order chi connectivity index (χ1) is 8.69. The SMILES string of the molecule is Cc1nc(CN(C)Cc2ccccc2C#N)cs1. The van der Waals surface area contributed by atoms with E-state index in [9.17, 15) is 0 Å². The molecule has 1 aromatic carbocycles. The molecule has 0 N–H and O–H groups in total. The third kappa shape index (κ3) is 3.16. The molecule has 0 aliphatic heterocycles. The second-order valence-electron chi connectivity index (χ2n) is 4.30. The van der Waals surface area contributed by atoms with E-state index in [1.807, 2.05) is 38.2 Å². The molecule has 1 aromatic heterocycles. The molecule has 0 spiro atoms. The van der Waals surface area contributed by atoms with E-state index in [4.69, 9.17) is 5.26 Å². The average Bonchev–Trinajstić information content (AvgIpc) is 2.75. The molecule has 2 aromatic rings. The number of aromatic nitrogens is 1. The summed E-state index contributed by atoms with van der Waals surface area (Å²) in [7, 11) is 2.04. The molecule has 1 heterocycles. The first kappa shape index (κ1) is 12.7. The Kier molecular flexibility index (Phi) is 4.08. The molecule has 92 valence electrons. The molecule has 0 aliphatic rings. The van der Waals surface area contributed by atoms with Crippen LogP contribution in [0.5, 0.6) is 0 Å². The summed E-state index contributed by atoms with van der Waals surface area (Å²) in [5, 5.41) is 12.2. The molecular formula is C14H15N3S. The normalized spacial score (nSPS) is 10.6. The summed E-state index contributed by atoms with van der Waals surface area (Å²) in [5.41, 5.74) is 2.91. The summed E-state index contributed by atoms with van der Waals surface area (Å²) in [6, 6.07) is 9.95. The summed E-state index contributed by atoms with van der Waals surface area (Å²) in [6.07, 6.45) is 0. The van der Waals surface area contributed by atoms with Gasteiger partial charge >= 0.3 is 0 Å². The molecule has 0 saturated heterocycles. The van der Waals surface area contributed by atoms with Crippen LogP contribution < -0.4 is 0 Å². The second kappa shape index (κ2) is 5.76. The van der Waals surface area contributed by atoms with E-state index < -0.39 is 0 Å². The third-order valence-corrected chi connectivity index (χ3v) is 3.50. The van der Waals surface area contributed by atoms with Crippen molar-refractivity contribution in [2.24, 2.45) is 0 Å². The Morgan fingerprint density at radius 2 is 2.11 bits per heavy atom. The highest BCUT2D eigenvalue weighted by Gasteiger charge is 2.07. The quantitative estimate of drug-likeness (QED) is 0.845. The molecule has 3 nitrogen and oxygen atoms in total. The topological polar surface area (TPSA) is 39.9 Å². The maximum Gasteiger partial charge on any atom is 0.0995 e. The number of aryl methyl sites for hydroxylation is 1. The van der Waals surface area contributed by atoms with Crippen LogP contribution in [0.3, 0.4) is 0 Å². The van der Waals surface area contributed by atoms with Gasteiger partial charge in [0.15, 0.2) is 0 Å². The Morgan fingerprint density at radius 1 is 1.33 bits per heavy atom. The van der Waals surface area contributed by atoms with E-state index in [2.05, 4.69) is 21.3 Å². The number of benzene rings is 1. The maximum absolute atomic E-state index is 9.05. The van der Waals surface area contributed by atoms with E-state index in [0.717, 1.165) is 34.9 Å². The van der Waals surface area contributed by atoms with Gasteiger partial charge in [0.25, 0.3) is 0 Å². The van der Waals surface area contributed by atoms with E-state index in [-0.39, 0.29) is 0 Å². The smallest absolute Gasteiger partial charge is 0.0995 e. The van der Waals surface area contributed by atoms with Crippen molar-refractivity contribution in [3.8, 4) is 6.07 Å². The van der Waals surface area contributed by atoms with Crippen molar-refractivity contribution in [3.05, 3.63) is 51.5 Å². The van der Waals surface area contributed by atoms with Crippen molar-refractivity contribution < 1.29 is 0 Å². The van der Waals surface area contributed by atoms with Crippen molar-refractivity contribution in [2.45, 2.75) is 20.0 Å². The van der Waals surface area contributed by atoms with Crippen LogP contribution in [0.4, 0.5) is 0 Å². The lowest BCUT2D eigenvalue weighted by Gasteiger charge is -2.16. The van der Waals surface area contributed by atoms with Gasteiger partial charge in [-0.05, 0) is 25.6 Å². The summed E-state index contributed by atoms with van der Waals surface area (Å²) >= 11 is 1.67. The van der Waals surface area contributed by atoms with E-state index in [0.29, 0.717) is 0 Å². The van der Waals surface area contributed by atoms with Gasteiger partial charge in [0.05, 0.1) is 22.3 Å². The van der Waals surface area contributed by atoms with Crippen LogP contribution in [0.2, 0.25) is 0 Å². The van der Waals surface area contributed by atoms with Gasteiger partial charge in [0.1, 0.15) is 0 Å². The third-order valence-electron chi connectivity index (χ3n) is 2.68. The van der Waals surface area contributed by atoms with Crippen LogP contribution in [0.15, 0.2) is 29.6 Å². The number of hydrogen-bond donors (Lipinski definition) is 0. The molecule has 0 radical (unpaired) electrons. The zero-order valence-corrected chi connectivity index (χ0v) is 11.4. The summed E-state index contributed by atoms with van der Waals surface area (Å²) in [4.78, 5) is 6.62. The van der Waals surface area contributed by atoms with Crippen LogP contribution >= 0.6 is 11.3 Å². The van der Waals surface area contributed by atoms with Crippen molar-refractivity contribution >= 4 is 11.3 Å².